The van der Waals surface area contributed by atoms with E-state index < -0.39 is 0 Å². The van der Waals surface area contributed by atoms with Gasteiger partial charge in [-0.2, -0.15) is 11.1 Å². The molecule has 0 aliphatic heterocycles. The Hall–Kier alpha value is -0.170. The number of hydrogen-bond acceptors (Lipinski definition) is 0. The zero-order valence-corrected chi connectivity index (χ0v) is 19.3. The van der Waals surface area contributed by atoms with Crippen LogP contribution in [0.5, 0.6) is 0 Å². The van der Waals surface area contributed by atoms with Crippen LogP contribution in [0.2, 0.25) is 0 Å². The van der Waals surface area contributed by atoms with Crippen molar-refractivity contribution in [2.75, 3.05) is 0 Å². The molecule has 0 radical (unpaired) electrons. The van der Waals surface area contributed by atoms with Crippen molar-refractivity contribution in [3.05, 3.63) is 46.6 Å². The molecular weight excluding hydrogens is 443 g/mol. The van der Waals surface area contributed by atoms with E-state index in [-0.39, 0.29) is 25.8 Å². The summed E-state index contributed by atoms with van der Waals surface area (Å²) in [6.45, 7) is 8.80. The van der Waals surface area contributed by atoms with Crippen LogP contribution >= 0.6 is 0 Å². The van der Waals surface area contributed by atoms with Crippen molar-refractivity contribution in [1.29, 1.82) is 0 Å². The predicted octanol–water partition coefficient (Wildman–Crippen LogP) is 7.29. The maximum absolute atomic E-state index is 3.39. The molecule has 0 bridgehead atoms. The molecule has 0 aromatic carbocycles. The molecular formula is C22H34Hf-2. The van der Waals surface area contributed by atoms with Gasteiger partial charge in [-0.3, -0.25) is 0 Å². The fourth-order valence-corrected chi connectivity index (χ4v) is 2.76. The molecule has 0 fully saturated rings. The van der Waals surface area contributed by atoms with Gasteiger partial charge in [-0.25, -0.2) is 35.5 Å². The number of unbranched alkanes of at least 4 members (excludes halogenated alkanes) is 4. The first-order chi connectivity index (χ1) is 10.7. The van der Waals surface area contributed by atoms with Gasteiger partial charge in [-0.1, -0.05) is 91.9 Å². The Morgan fingerprint density at radius 1 is 0.739 bits per heavy atom. The van der Waals surface area contributed by atoms with E-state index in [1.807, 2.05) is 0 Å². The van der Waals surface area contributed by atoms with Crippen LogP contribution in [0.1, 0.15) is 91.9 Å². The van der Waals surface area contributed by atoms with Gasteiger partial charge in [0, 0.05) is 25.8 Å². The molecule has 0 saturated carbocycles. The van der Waals surface area contributed by atoms with Gasteiger partial charge >= 0.3 is 0 Å². The first-order valence-electron chi connectivity index (χ1n) is 9.22. The summed E-state index contributed by atoms with van der Waals surface area (Å²) in [5.74, 6) is 0. The standard InChI is InChI=1S/2C11H17.Hf/c2*1-3-4-5-6-11-8-7-10(2)9-11;/h2*8H,3-7H2,1-2H3;/q2*-1;. The SMILES string of the molecule is CCCCCC1=CCC(C)=[C-]1.CCCCCC1=CCC(C)=[C-]1.[Hf]. The van der Waals surface area contributed by atoms with Crippen molar-refractivity contribution in [3.63, 3.8) is 0 Å². The Bertz CT molecular complexity index is 393. The Morgan fingerprint density at radius 2 is 1.13 bits per heavy atom. The Labute approximate surface area is 164 Å². The smallest absolute Gasteiger partial charge is 0 e. The van der Waals surface area contributed by atoms with Crippen LogP contribution < -0.4 is 0 Å². The molecule has 2 aliphatic carbocycles. The van der Waals surface area contributed by atoms with Gasteiger partial charge < -0.3 is 0 Å². The molecule has 0 spiro atoms. The van der Waals surface area contributed by atoms with Crippen molar-refractivity contribution in [2.45, 2.75) is 91.9 Å². The summed E-state index contributed by atoms with van der Waals surface area (Å²) in [4.78, 5) is 0. The molecule has 0 amide bonds. The summed E-state index contributed by atoms with van der Waals surface area (Å²) < 4.78 is 0. The summed E-state index contributed by atoms with van der Waals surface area (Å²) in [6, 6.07) is 0. The minimum Gasteiger partial charge on any atom is -0.250 e. The second-order valence-electron chi connectivity index (χ2n) is 6.59. The number of allylic oxidation sites excluding steroid dienone is 8. The van der Waals surface area contributed by atoms with E-state index in [1.54, 1.807) is 0 Å². The molecule has 0 saturated heterocycles. The first-order valence-corrected chi connectivity index (χ1v) is 9.22. The summed E-state index contributed by atoms with van der Waals surface area (Å²) >= 11 is 0. The number of hydrogen-bond donors (Lipinski definition) is 0. The third kappa shape index (κ3) is 11.1. The van der Waals surface area contributed by atoms with Crippen molar-refractivity contribution in [3.8, 4) is 0 Å². The van der Waals surface area contributed by atoms with Crippen LogP contribution in [0.15, 0.2) is 34.4 Å². The zero-order valence-electron chi connectivity index (χ0n) is 15.7. The third-order valence-corrected chi connectivity index (χ3v) is 4.16. The molecule has 0 heterocycles. The third-order valence-electron chi connectivity index (χ3n) is 4.16. The molecule has 2 rings (SSSR count). The first kappa shape index (κ1) is 22.8. The van der Waals surface area contributed by atoms with Gasteiger partial charge in [0.05, 0.1) is 0 Å². The second-order valence-corrected chi connectivity index (χ2v) is 6.59. The van der Waals surface area contributed by atoms with Crippen LogP contribution in [-0.4, -0.2) is 0 Å². The molecule has 0 unspecified atom stereocenters. The molecule has 2 aliphatic rings. The van der Waals surface area contributed by atoms with Gasteiger partial charge in [-0.15, -0.1) is 0 Å². The molecule has 0 aromatic heterocycles. The van der Waals surface area contributed by atoms with E-state index >= 15 is 0 Å². The summed E-state index contributed by atoms with van der Waals surface area (Å²) in [5.41, 5.74) is 5.68. The van der Waals surface area contributed by atoms with Gasteiger partial charge in [0.15, 0.2) is 0 Å². The average molecular weight is 477 g/mol. The Kier molecular flexibility index (Phi) is 14.1. The van der Waals surface area contributed by atoms with E-state index in [1.165, 1.54) is 73.7 Å². The molecule has 128 valence electrons. The van der Waals surface area contributed by atoms with E-state index in [2.05, 4.69) is 52.0 Å². The van der Waals surface area contributed by atoms with Crippen LogP contribution in [-0.2, 0) is 25.8 Å². The van der Waals surface area contributed by atoms with Gasteiger partial charge in [-0.05, 0) is 0 Å². The second kappa shape index (κ2) is 14.2. The largest absolute Gasteiger partial charge is 0.250 e. The summed E-state index contributed by atoms with van der Waals surface area (Å²) in [6.07, 6.45) is 24.2. The Morgan fingerprint density at radius 3 is 1.39 bits per heavy atom. The van der Waals surface area contributed by atoms with Gasteiger partial charge in [0.25, 0.3) is 0 Å². The van der Waals surface area contributed by atoms with Gasteiger partial charge in [0.2, 0.25) is 0 Å². The fourth-order valence-electron chi connectivity index (χ4n) is 2.76. The van der Waals surface area contributed by atoms with E-state index in [0.29, 0.717) is 0 Å². The predicted molar refractivity (Wildman–Crippen MR) is 98.5 cm³/mol. The molecule has 0 nitrogen and oxygen atoms in total. The summed E-state index contributed by atoms with van der Waals surface area (Å²) in [7, 11) is 0. The maximum Gasteiger partial charge on any atom is 0 e. The Balaban J connectivity index is 0.000000403. The van der Waals surface area contributed by atoms with E-state index in [0.717, 1.165) is 12.8 Å². The molecule has 0 N–H and O–H groups in total. The van der Waals surface area contributed by atoms with Crippen molar-refractivity contribution in [2.24, 2.45) is 0 Å². The average Bonchev–Trinajstić information content (AvgIpc) is 3.09. The van der Waals surface area contributed by atoms with E-state index in [9.17, 15) is 0 Å². The van der Waals surface area contributed by atoms with E-state index in [4.69, 9.17) is 0 Å². The van der Waals surface area contributed by atoms with Crippen LogP contribution in [0.3, 0.4) is 0 Å². The van der Waals surface area contributed by atoms with Crippen LogP contribution in [0, 0.1) is 12.2 Å². The minimum atomic E-state index is 0. The topological polar surface area (TPSA) is 0 Å². The molecule has 23 heavy (non-hydrogen) atoms. The zero-order chi connectivity index (χ0) is 16.2. The fraction of sp³-hybridized carbons (Fsp3) is 0.636. The van der Waals surface area contributed by atoms with Crippen LogP contribution in [0.25, 0.3) is 0 Å². The molecule has 0 aromatic rings. The minimum absolute atomic E-state index is 0. The normalized spacial score (nSPS) is 15.8. The van der Waals surface area contributed by atoms with Crippen molar-refractivity contribution >= 4 is 0 Å². The van der Waals surface area contributed by atoms with Crippen molar-refractivity contribution in [1.82, 2.24) is 0 Å². The quantitative estimate of drug-likeness (QED) is 0.196. The van der Waals surface area contributed by atoms with Crippen molar-refractivity contribution < 1.29 is 25.8 Å². The van der Waals surface area contributed by atoms with Crippen LogP contribution in [0.4, 0.5) is 0 Å². The molecule has 0 atom stereocenters. The van der Waals surface area contributed by atoms with Gasteiger partial charge in [0.1, 0.15) is 0 Å². The molecule has 1 heteroatoms. The monoisotopic (exact) mass is 478 g/mol. The number of rotatable bonds is 8. The summed E-state index contributed by atoms with van der Waals surface area (Å²) in [5, 5.41) is 0. The maximum atomic E-state index is 3.39.